The summed E-state index contributed by atoms with van der Waals surface area (Å²) in [5.41, 5.74) is -0.303. The van der Waals surface area contributed by atoms with E-state index in [0.29, 0.717) is 0 Å². The van der Waals surface area contributed by atoms with Crippen molar-refractivity contribution in [2.75, 3.05) is 0 Å². The molecule has 0 aliphatic rings. The normalized spacial score (nSPS) is 14.2. The molecule has 0 aromatic heterocycles. The van der Waals surface area contributed by atoms with E-state index in [1.165, 1.54) is 13.8 Å². The Morgan fingerprint density at radius 2 is 1.90 bits per heavy atom. The largest absolute Gasteiger partial charge is 0.605 e. The topological polar surface area (TPSA) is 128 Å². The van der Waals surface area contributed by atoms with Crippen molar-refractivity contribution < 1.29 is 28.3 Å². The highest BCUT2D eigenvalue weighted by Gasteiger charge is 2.25. The van der Waals surface area contributed by atoms with Crippen LogP contribution in [0.5, 0.6) is 5.75 Å². The number of oxime groups is 1. The summed E-state index contributed by atoms with van der Waals surface area (Å²) in [6.07, 6.45) is 0. The van der Waals surface area contributed by atoms with Gasteiger partial charge in [0, 0.05) is 19.1 Å². The molecule has 0 radical (unpaired) electrons. The minimum absolute atomic E-state index is 0.105. The summed E-state index contributed by atoms with van der Waals surface area (Å²) >= 11 is 0. The van der Waals surface area contributed by atoms with Gasteiger partial charge in [-0.2, -0.15) is 0 Å². The Bertz CT molecular complexity index is 596. The number of non-ortho nitro benzene ring substituents is 1. The number of Topliss-reactive ketones (excluding diaryl/α,β-unsaturated/α-hetero) is 1. The van der Waals surface area contributed by atoms with Gasteiger partial charge in [0.1, 0.15) is 11.5 Å². The summed E-state index contributed by atoms with van der Waals surface area (Å²) in [6.45, 7) is 2.51. The predicted octanol–water partition coefficient (Wildman–Crippen LogP) is 2.06. The van der Waals surface area contributed by atoms with Gasteiger partial charge in [-0.3, -0.25) is 24.4 Å². The quantitative estimate of drug-likeness (QED) is 0.368. The molecule has 0 spiro atoms. The maximum Gasteiger partial charge on any atom is 0.605 e. The minimum atomic E-state index is -4.56. The zero-order valence-electron chi connectivity index (χ0n) is 10.5. The number of ketones is 1. The van der Waals surface area contributed by atoms with E-state index in [2.05, 4.69) is 14.3 Å². The van der Waals surface area contributed by atoms with Crippen LogP contribution in [-0.4, -0.2) is 21.3 Å². The van der Waals surface area contributed by atoms with Gasteiger partial charge in [0.15, 0.2) is 5.78 Å². The van der Waals surface area contributed by atoms with Crippen LogP contribution in [0.3, 0.4) is 0 Å². The summed E-state index contributed by atoms with van der Waals surface area (Å²) in [5.74, 6) is -0.544. The SMILES string of the molecule is CC(=O)/C(C)=N/OP(=O)(O)Oc1ccc([N+](=O)[O-])cc1. The third-order valence-electron chi connectivity index (χ3n) is 2.06. The van der Waals surface area contributed by atoms with Gasteiger partial charge in [-0.15, -0.1) is 0 Å². The highest BCUT2D eigenvalue weighted by molar-refractivity contribution is 7.47. The summed E-state index contributed by atoms with van der Waals surface area (Å²) in [4.78, 5) is 30.0. The molecule has 0 saturated heterocycles. The van der Waals surface area contributed by atoms with Crippen LogP contribution in [0.1, 0.15) is 13.8 Å². The van der Waals surface area contributed by atoms with E-state index in [4.69, 9.17) is 0 Å². The fraction of sp³-hybridized carbons (Fsp3) is 0.200. The molecule has 0 aliphatic carbocycles. The van der Waals surface area contributed by atoms with Gasteiger partial charge in [0.05, 0.1) is 4.92 Å². The van der Waals surface area contributed by atoms with Gasteiger partial charge >= 0.3 is 7.82 Å². The third-order valence-corrected chi connectivity index (χ3v) is 2.79. The molecule has 0 bridgehead atoms. The van der Waals surface area contributed by atoms with Crippen molar-refractivity contribution in [1.29, 1.82) is 0 Å². The van der Waals surface area contributed by atoms with Crippen molar-refractivity contribution in [2.24, 2.45) is 5.16 Å². The molecule has 0 saturated carbocycles. The van der Waals surface area contributed by atoms with Crippen molar-refractivity contribution >= 4 is 25.0 Å². The van der Waals surface area contributed by atoms with Gasteiger partial charge in [-0.25, -0.2) is 4.57 Å². The lowest BCUT2D eigenvalue weighted by Gasteiger charge is -2.09. The van der Waals surface area contributed by atoms with Crippen LogP contribution in [0.15, 0.2) is 29.4 Å². The van der Waals surface area contributed by atoms with E-state index in [-0.39, 0.29) is 17.1 Å². The lowest BCUT2D eigenvalue weighted by molar-refractivity contribution is -0.384. The van der Waals surface area contributed by atoms with E-state index in [1.54, 1.807) is 0 Å². The fourth-order valence-electron chi connectivity index (χ4n) is 0.956. The van der Waals surface area contributed by atoms with Crippen molar-refractivity contribution in [3.05, 3.63) is 34.4 Å². The van der Waals surface area contributed by atoms with Crippen LogP contribution in [0, 0.1) is 10.1 Å². The Morgan fingerprint density at radius 3 is 2.35 bits per heavy atom. The zero-order valence-corrected chi connectivity index (χ0v) is 11.4. The number of nitro benzene ring substituents is 1. The average Bonchev–Trinajstić information content (AvgIpc) is 2.36. The Hall–Kier alpha value is -2.25. The Labute approximate surface area is 113 Å². The van der Waals surface area contributed by atoms with Gasteiger partial charge in [0.25, 0.3) is 5.69 Å². The second-order valence-corrected chi connectivity index (χ2v) is 4.91. The maximum absolute atomic E-state index is 11.5. The molecule has 1 aromatic rings. The monoisotopic (exact) mass is 302 g/mol. The standard InChI is InChI=1S/C10H11N2O7P/c1-7(8(2)13)11-19-20(16,17)18-10-5-3-9(4-6-10)12(14)15/h3-6H,1-2H3,(H,16,17)/b11-7+. The first-order valence-corrected chi connectivity index (χ1v) is 6.72. The minimum Gasteiger partial charge on any atom is -0.394 e. The molecule has 1 atom stereocenters. The highest BCUT2D eigenvalue weighted by Crippen LogP contribution is 2.44. The van der Waals surface area contributed by atoms with Gasteiger partial charge < -0.3 is 4.52 Å². The number of phosphoric ester groups is 1. The molecule has 1 unspecified atom stereocenters. The predicted molar refractivity (Wildman–Crippen MR) is 68.4 cm³/mol. The van der Waals surface area contributed by atoms with E-state index in [1.807, 2.05) is 0 Å². The number of rotatable bonds is 6. The van der Waals surface area contributed by atoms with Crippen LogP contribution in [0.25, 0.3) is 0 Å². The first-order chi connectivity index (χ1) is 9.21. The molecule has 0 aliphatic heterocycles. The summed E-state index contributed by atoms with van der Waals surface area (Å²) in [5, 5.41) is 13.6. The lowest BCUT2D eigenvalue weighted by atomic mass is 10.3. The van der Waals surface area contributed by atoms with Crippen LogP contribution in [0.2, 0.25) is 0 Å². The second-order valence-electron chi connectivity index (χ2n) is 3.63. The van der Waals surface area contributed by atoms with E-state index < -0.39 is 18.5 Å². The number of nitro groups is 1. The summed E-state index contributed by atoms with van der Waals surface area (Å²) in [6, 6.07) is 4.46. The summed E-state index contributed by atoms with van der Waals surface area (Å²) in [7, 11) is -4.56. The van der Waals surface area contributed by atoms with E-state index in [9.17, 15) is 24.4 Å². The molecular weight excluding hydrogens is 291 g/mol. The maximum atomic E-state index is 11.5. The molecule has 108 valence electrons. The lowest BCUT2D eigenvalue weighted by Crippen LogP contribution is -2.05. The molecule has 1 N–H and O–H groups in total. The van der Waals surface area contributed by atoms with Crippen molar-refractivity contribution in [2.45, 2.75) is 13.8 Å². The number of phosphoric acid groups is 1. The molecule has 10 heteroatoms. The number of benzene rings is 1. The Morgan fingerprint density at radius 1 is 1.35 bits per heavy atom. The Balaban J connectivity index is 2.76. The number of carbonyl (C=O) groups is 1. The fourth-order valence-corrected chi connectivity index (χ4v) is 1.60. The Kier molecular flexibility index (Phi) is 4.95. The van der Waals surface area contributed by atoms with Crippen molar-refractivity contribution in [3.8, 4) is 5.75 Å². The van der Waals surface area contributed by atoms with Crippen LogP contribution >= 0.6 is 7.82 Å². The number of hydrogen-bond acceptors (Lipinski definition) is 7. The smallest absolute Gasteiger partial charge is 0.394 e. The zero-order chi connectivity index (χ0) is 15.3. The molecular formula is C10H11N2O7P. The molecule has 1 rings (SSSR count). The molecule has 9 nitrogen and oxygen atoms in total. The second kappa shape index (κ2) is 6.27. The molecule has 0 fully saturated rings. The number of carbonyl (C=O) groups excluding carboxylic acids is 1. The van der Waals surface area contributed by atoms with Crippen molar-refractivity contribution in [1.82, 2.24) is 0 Å². The summed E-state index contributed by atoms with van der Waals surface area (Å²) < 4.78 is 20.4. The van der Waals surface area contributed by atoms with Gasteiger partial charge in [-0.1, -0.05) is 5.16 Å². The van der Waals surface area contributed by atoms with E-state index in [0.717, 1.165) is 24.3 Å². The first-order valence-electron chi connectivity index (χ1n) is 5.22. The molecule has 0 amide bonds. The molecule has 1 aromatic carbocycles. The van der Waals surface area contributed by atoms with Crippen LogP contribution < -0.4 is 4.52 Å². The van der Waals surface area contributed by atoms with Crippen molar-refractivity contribution in [3.63, 3.8) is 0 Å². The third kappa shape index (κ3) is 4.79. The first kappa shape index (κ1) is 15.8. The van der Waals surface area contributed by atoms with Gasteiger partial charge in [0.2, 0.25) is 0 Å². The highest BCUT2D eigenvalue weighted by atomic mass is 31.2. The number of nitrogens with zero attached hydrogens (tertiary/aromatic N) is 2. The van der Waals surface area contributed by atoms with E-state index >= 15 is 0 Å². The molecule has 0 heterocycles. The average molecular weight is 302 g/mol. The van der Waals surface area contributed by atoms with Gasteiger partial charge in [-0.05, 0) is 19.1 Å². The molecule has 20 heavy (non-hydrogen) atoms. The van der Waals surface area contributed by atoms with Crippen LogP contribution in [0.4, 0.5) is 5.69 Å². The van der Waals surface area contributed by atoms with Crippen LogP contribution in [-0.2, 0) is 14.0 Å². The number of hydrogen-bond donors (Lipinski definition) is 1.